The third kappa shape index (κ3) is 13.8. The molecule has 6 nitrogen and oxygen atoms in total. The van der Waals surface area contributed by atoms with Crippen LogP contribution in [0.2, 0.25) is 36.3 Å². The van der Waals surface area contributed by atoms with Crippen LogP contribution >= 0.6 is 11.3 Å². The van der Waals surface area contributed by atoms with Gasteiger partial charge in [0.15, 0.2) is 16.6 Å². The van der Waals surface area contributed by atoms with Gasteiger partial charge < -0.3 is 19.1 Å². The highest BCUT2D eigenvalue weighted by Gasteiger charge is 2.47. The summed E-state index contributed by atoms with van der Waals surface area (Å²) in [5.74, 6) is -0.0887. The smallest absolute Gasteiger partial charge is 0.192 e. The van der Waals surface area contributed by atoms with E-state index in [9.17, 15) is 15.0 Å². The molecule has 0 aliphatic rings. The van der Waals surface area contributed by atoms with E-state index in [-0.39, 0.29) is 52.9 Å². The van der Waals surface area contributed by atoms with Crippen LogP contribution in [0.25, 0.3) is 6.08 Å². The molecule has 1 heterocycles. The van der Waals surface area contributed by atoms with Crippen molar-refractivity contribution in [2.24, 2.45) is 17.3 Å². The van der Waals surface area contributed by atoms with Crippen molar-refractivity contribution >= 4 is 39.8 Å². The molecule has 0 bridgehead atoms. The number of hydrogen-bond donors (Lipinski definition) is 2. The lowest BCUT2D eigenvalue weighted by Gasteiger charge is -2.45. The van der Waals surface area contributed by atoms with Crippen molar-refractivity contribution in [3.8, 4) is 0 Å². The van der Waals surface area contributed by atoms with E-state index in [2.05, 4.69) is 118 Å². The molecule has 0 saturated carbocycles. The normalized spacial score (nSPS) is 17.4. The number of carbonyl (C=O) groups is 1. The summed E-state index contributed by atoms with van der Waals surface area (Å²) in [6.07, 6.45) is 8.96. The van der Waals surface area contributed by atoms with Crippen molar-refractivity contribution < 1.29 is 23.9 Å². The molecule has 0 fully saturated rings. The number of aryl methyl sites for hydroxylation is 1. The Morgan fingerprint density at radius 2 is 1.52 bits per heavy atom. The molecule has 1 rings (SSSR count). The third-order valence-corrected chi connectivity index (χ3v) is 21.4. The lowest BCUT2D eigenvalue weighted by molar-refractivity contribution is -0.142. The Kier molecular flexibility index (Phi) is 18.3. The molecule has 2 N–H and O–H groups in total. The molecule has 290 valence electrons. The average molecular weight is 752 g/mol. The van der Waals surface area contributed by atoms with Gasteiger partial charge >= 0.3 is 0 Å². The fourth-order valence-electron chi connectivity index (χ4n) is 5.90. The standard InChI is InChI=1S/C41H77NO5SSi2/c1-18-20-34(38(45)41(12,13)36(44)25-26-43)37(47-50(16,17)40(9,10)11)30(3)22-19-21-29(2)23-24-35(46-49(14,15)39(6,7)8)31(4)27-33-28-48-32(5)42-33/h23,27-28,30,34-37,43-44H,18-22,24-26H2,1-17H3/b29-23?,31-27+/t30-,34+,35-,36-,37-/m0/s1. The molecule has 0 aliphatic carbocycles. The molecule has 5 atom stereocenters. The number of aliphatic hydroxyl groups excluding tert-OH is 2. The van der Waals surface area contributed by atoms with Crippen molar-refractivity contribution in [2.45, 2.75) is 190 Å². The Bertz CT molecular complexity index is 1250. The first-order chi connectivity index (χ1) is 22.7. The predicted octanol–water partition coefficient (Wildman–Crippen LogP) is 11.5. The van der Waals surface area contributed by atoms with Gasteiger partial charge in [0.25, 0.3) is 0 Å². The van der Waals surface area contributed by atoms with Crippen LogP contribution < -0.4 is 0 Å². The number of thiazole rings is 1. The lowest BCUT2D eigenvalue weighted by Crippen LogP contribution is -2.52. The first kappa shape index (κ1) is 47.1. The number of aromatic nitrogens is 1. The Balaban J connectivity index is 3.28. The van der Waals surface area contributed by atoms with E-state index < -0.39 is 28.2 Å². The molecule has 0 saturated heterocycles. The maximum atomic E-state index is 14.3. The number of hydrogen-bond acceptors (Lipinski definition) is 7. The van der Waals surface area contributed by atoms with Crippen molar-refractivity contribution in [3.63, 3.8) is 0 Å². The average Bonchev–Trinajstić information content (AvgIpc) is 3.39. The zero-order valence-corrected chi connectivity index (χ0v) is 38.1. The van der Waals surface area contributed by atoms with E-state index in [4.69, 9.17) is 8.85 Å². The van der Waals surface area contributed by atoms with Gasteiger partial charge in [-0.2, -0.15) is 0 Å². The van der Waals surface area contributed by atoms with E-state index in [1.165, 1.54) is 11.1 Å². The highest BCUT2D eigenvalue weighted by Crippen LogP contribution is 2.43. The summed E-state index contributed by atoms with van der Waals surface area (Å²) in [5.41, 5.74) is 2.60. The molecule has 1 aromatic rings. The number of aliphatic hydroxyl groups is 2. The number of Topliss-reactive ketones (excluding diaryl/α,β-unsaturated/α-hetero) is 1. The van der Waals surface area contributed by atoms with Crippen LogP contribution in [0.15, 0.2) is 22.6 Å². The van der Waals surface area contributed by atoms with Crippen LogP contribution in [0.1, 0.15) is 139 Å². The van der Waals surface area contributed by atoms with Crippen molar-refractivity contribution in [1.82, 2.24) is 4.98 Å². The molecular weight excluding hydrogens is 675 g/mol. The number of carbonyl (C=O) groups excluding carboxylic acids is 1. The summed E-state index contributed by atoms with van der Waals surface area (Å²) in [5, 5.41) is 23.8. The molecular formula is C41H77NO5SSi2. The van der Waals surface area contributed by atoms with Gasteiger partial charge in [0.1, 0.15) is 5.78 Å². The summed E-state index contributed by atoms with van der Waals surface area (Å²) in [6.45, 7) is 37.2. The molecule has 0 aliphatic heterocycles. The van der Waals surface area contributed by atoms with Gasteiger partial charge in [0.05, 0.1) is 29.0 Å². The minimum Gasteiger partial charge on any atom is -0.413 e. The van der Waals surface area contributed by atoms with Crippen LogP contribution in [0, 0.1) is 24.2 Å². The number of rotatable bonds is 21. The van der Waals surface area contributed by atoms with Gasteiger partial charge in [0, 0.05) is 23.3 Å². The van der Waals surface area contributed by atoms with Gasteiger partial charge in [-0.15, -0.1) is 11.3 Å². The van der Waals surface area contributed by atoms with Gasteiger partial charge in [-0.25, -0.2) is 4.98 Å². The van der Waals surface area contributed by atoms with Crippen LogP contribution in [-0.4, -0.2) is 62.5 Å². The highest BCUT2D eigenvalue weighted by atomic mass is 32.1. The summed E-state index contributed by atoms with van der Waals surface area (Å²) >= 11 is 1.68. The quantitative estimate of drug-likeness (QED) is 0.0960. The SMILES string of the molecule is CCC[C@@H](C(=O)C(C)(C)[C@@H](O)CCO)[C@@H](O[Si](C)(C)C(C)(C)C)[C@@H](C)CCCC(C)=CC[C@H](O[Si](C)(C)C(C)(C)C)/C(C)=C/c1csc(C)n1. The van der Waals surface area contributed by atoms with Crippen LogP contribution in [0.5, 0.6) is 0 Å². The zero-order valence-electron chi connectivity index (χ0n) is 35.3. The fraction of sp³-hybridized carbons (Fsp3) is 0.805. The number of ketones is 1. The summed E-state index contributed by atoms with van der Waals surface area (Å²) in [7, 11) is -4.22. The molecule has 0 radical (unpaired) electrons. The molecule has 1 aromatic heterocycles. The van der Waals surface area contributed by atoms with E-state index >= 15 is 0 Å². The Morgan fingerprint density at radius 1 is 0.960 bits per heavy atom. The van der Waals surface area contributed by atoms with Gasteiger partial charge in [-0.1, -0.05) is 87.3 Å². The second-order valence-corrected chi connectivity index (χ2v) is 29.1. The highest BCUT2D eigenvalue weighted by molar-refractivity contribution is 7.09. The molecule has 0 amide bonds. The largest absolute Gasteiger partial charge is 0.413 e. The van der Waals surface area contributed by atoms with Crippen LogP contribution in [0.3, 0.4) is 0 Å². The van der Waals surface area contributed by atoms with Crippen LogP contribution in [0.4, 0.5) is 0 Å². The minimum absolute atomic E-state index is 0.000470. The minimum atomic E-state index is -2.21. The zero-order chi connectivity index (χ0) is 38.9. The fourth-order valence-corrected chi connectivity index (χ4v) is 9.25. The van der Waals surface area contributed by atoms with Crippen molar-refractivity contribution in [1.29, 1.82) is 0 Å². The van der Waals surface area contributed by atoms with E-state index in [0.717, 1.165) is 49.2 Å². The molecule has 0 aromatic carbocycles. The van der Waals surface area contributed by atoms with E-state index in [1.807, 2.05) is 20.8 Å². The molecule has 0 unspecified atom stereocenters. The Labute approximate surface area is 314 Å². The lowest BCUT2D eigenvalue weighted by atomic mass is 9.71. The molecule has 0 spiro atoms. The monoisotopic (exact) mass is 752 g/mol. The first-order valence-electron chi connectivity index (χ1n) is 19.2. The van der Waals surface area contributed by atoms with Gasteiger partial charge in [-0.3, -0.25) is 4.79 Å². The topological polar surface area (TPSA) is 88.9 Å². The maximum Gasteiger partial charge on any atom is 0.192 e. The summed E-state index contributed by atoms with van der Waals surface area (Å²) < 4.78 is 14.2. The first-order valence-corrected chi connectivity index (χ1v) is 25.9. The van der Waals surface area contributed by atoms with E-state index in [0.29, 0.717) is 0 Å². The van der Waals surface area contributed by atoms with Crippen molar-refractivity contribution in [2.75, 3.05) is 6.61 Å². The maximum absolute atomic E-state index is 14.3. The molecule has 9 heteroatoms. The predicted molar refractivity (Wildman–Crippen MR) is 221 cm³/mol. The third-order valence-electron chi connectivity index (χ3n) is 11.7. The Morgan fingerprint density at radius 3 is 2.00 bits per heavy atom. The second-order valence-electron chi connectivity index (χ2n) is 18.6. The Hall–Kier alpha value is -0.946. The van der Waals surface area contributed by atoms with Gasteiger partial charge in [-0.05, 0) is 113 Å². The van der Waals surface area contributed by atoms with Gasteiger partial charge in [0.2, 0.25) is 0 Å². The van der Waals surface area contributed by atoms with Crippen LogP contribution in [-0.2, 0) is 13.6 Å². The summed E-state index contributed by atoms with van der Waals surface area (Å²) in [4.78, 5) is 19.0. The number of allylic oxidation sites excluding steroid dienone is 1. The second kappa shape index (κ2) is 19.4. The number of nitrogens with zero attached hydrogens (tertiary/aromatic N) is 1. The summed E-state index contributed by atoms with van der Waals surface area (Å²) in [6, 6.07) is 0. The molecule has 50 heavy (non-hydrogen) atoms. The van der Waals surface area contributed by atoms with Crippen molar-refractivity contribution in [3.05, 3.63) is 33.3 Å². The van der Waals surface area contributed by atoms with E-state index in [1.54, 1.807) is 11.3 Å².